The maximum Gasteiger partial charge on any atom is 0.311 e. The Morgan fingerprint density at radius 1 is 1.41 bits per heavy atom. The number of carboxylic acid groups (broad SMARTS) is 1. The number of aliphatic carboxylic acids is 1. The van der Waals surface area contributed by atoms with Gasteiger partial charge in [-0.2, -0.15) is 0 Å². The molecule has 4 heteroatoms. The Bertz CT molecular complexity index is 427. The van der Waals surface area contributed by atoms with Gasteiger partial charge >= 0.3 is 5.97 Å². The third kappa shape index (κ3) is 2.91. The number of hydrogen-bond donors (Lipinski definition) is 1. The largest absolute Gasteiger partial charge is 0.496 e. The van der Waals surface area contributed by atoms with E-state index in [-0.39, 0.29) is 5.92 Å². The Labute approximate surface area is 106 Å². The van der Waals surface area contributed by atoms with Crippen LogP contribution < -0.4 is 4.74 Å². The molecule has 0 heterocycles. The molecule has 94 valence electrons. The number of methoxy groups -OCH3 is 1. The van der Waals surface area contributed by atoms with E-state index in [4.69, 9.17) is 16.3 Å². The van der Waals surface area contributed by atoms with Crippen molar-refractivity contribution >= 4 is 17.6 Å². The van der Waals surface area contributed by atoms with Crippen LogP contribution in [0.2, 0.25) is 5.02 Å². The molecule has 0 saturated heterocycles. The van der Waals surface area contributed by atoms with Crippen molar-refractivity contribution in [2.75, 3.05) is 7.11 Å². The van der Waals surface area contributed by atoms with E-state index >= 15 is 0 Å². The summed E-state index contributed by atoms with van der Waals surface area (Å²) in [4.78, 5) is 11.3. The molecule has 0 fully saturated rings. The van der Waals surface area contributed by atoms with Gasteiger partial charge in [-0.3, -0.25) is 4.79 Å². The van der Waals surface area contributed by atoms with E-state index in [9.17, 15) is 9.90 Å². The van der Waals surface area contributed by atoms with E-state index in [1.165, 1.54) is 7.11 Å². The molecule has 0 aliphatic carbocycles. The summed E-state index contributed by atoms with van der Waals surface area (Å²) in [6.07, 6.45) is 0. The molecular formula is C13H17ClO3. The number of aryl methyl sites for hydroxylation is 1. The summed E-state index contributed by atoms with van der Waals surface area (Å²) in [5, 5.41) is 9.84. The second kappa shape index (κ2) is 5.41. The average Bonchev–Trinajstić information content (AvgIpc) is 2.22. The fraction of sp³-hybridized carbons (Fsp3) is 0.462. The van der Waals surface area contributed by atoms with Crippen LogP contribution in [0.3, 0.4) is 0 Å². The molecule has 3 nitrogen and oxygen atoms in total. The highest BCUT2D eigenvalue weighted by atomic mass is 35.5. The minimum absolute atomic E-state index is 0.0276. The second-order valence-electron chi connectivity index (χ2n) is 4.40. The monoisotopic (exact) mass is 256 g/mol. The van der Waals surface area contributed by atoms with Crippen LogP contribution in [0.25, 0.3) is 0 Å². The van der Waals surface area contributed by atoms with Gasteiger partial charge in [-0.1, -0.05) is 25.4 Å². The van der Waals surface area contributed by atoms with Gasteiger partial charge in [-0.15, -0.1) is 0 Å². The Kier molecular flexibility index (Phi) is 4.40. The van der Waals surface area contributed by atoms with Gasteiger partial charge in [0.1, 0.15) is 5.75 Å². The molecule has 0 aliphatic heterocycles. The smallest absolute Gasteiger partial charge is 0.311 e. The van der Waals surface area contributed by atoms with Gasteiger partial charge in [0.15, 0.2) is 0 Å². The van der Waals surface area contributed by atoms with E-state index < -0.39 is 11.9 Å². The number of benzene rings is 1. The van der Waals surface area contributed by atoms with Crippen LogP contribution in [0.4, 0.5) is 0 Å². The average molecular weight is 257 g/mol. The summed E-state index contributed by atoms with van der Waals surface area (Å²) in [5.74, 6) is -0.922. The van der Waals surface area contributed by atoms with Crippen molar-refractivity contribution in [2.24, 2.45) is 5.92 Å². The number of rotatable bonds is 4. The highest BCUT2D eigenvalue weighted by Gasteiger charge is 2.27. The van der Waals surface area contributed by atoms with Gasteiger partial charge in [-0.05, 0) is 30.5 Å². The van der Waals surface area contributed by atoms with Gasteiger partial charge in [0, 0.05) is 10.6 Å². The fourth-order valence-electron chi connectivity index (χ4n) is 1.87. The molecule has 0 aromatic heterocycles. The van der Waals surface area contributed by atoms with Gasteiger partial charge in [0.2, 0.25) is 0 Å². The van der Waals surface area contributed by atoms with Gasteiger partial charge in [0.05, 0.1) is 13.0 Å². The van der Waals surface area contributed by atoms with E-state index in [1.54, 1.807) is 12.1 Å². The van der Waals surface area contributed by atoms with Crippen LogP contribution in [-0.4, -0.2) is 18.2 Å². The Morgan fingerprint density at radius 3 is 2.41 bits per heavy atom. The van der Waals surface area contributed by atoms with Crippen LogP contribution in [-0.2, 0) is 4.79 Å². The fourth-order valence-corrected chi connectivity index (χ4v) is 2.04. The predicted octanol–water partition coefficient (Wildman–Crippen LogP) is 3.48. The molecule has 0 saturated carbocycles. The van der Waals surface area contributed by atoms with Crippen molar-refractivity contribution in [3.05, 3.63) is 28.3 Å². The first-order valence-electron chi connectivity index (χ1n) is 5.45. The molecule has 0 aliphatic rings. The summed E-state index contributed by atoms with van der Waals surface area (Å²) in [7, 11) is 1.53. The van der Waals surface area contributed by atoms with Crippen LogP contribution in [0, 0.1) is 12.8 Å². The maximum absolute atomic E-state index is 11.3. The van der Waals surface area contributed by atoms with Crippen LogP contribution in [0.15, 0.2) is 12.1 Å². The van der Waals surface area contributed by atoms with Crippen LogP contribution >= 0.6 is 11.6 Å². The van der Waals surface area contributed by atoms with E-state index in [0.29, 0.717) is 16.3 Å². The lowest BCUT2D eigenvalue weighted by Gasteiger charge is -2.20. The molecule has 17 heavy (non-hydrogen) atoms. The van der Waals surface area contributed by atoms with Crippen molar-refractivity contribution < 1.29 is 14.6 Å². The molecule has 0 bridgehead atoms. The number of halogens is 1. The standard InChI is InChI=1S/C13H17ClO3/c1-7(2)12(13(15)16)9-6-10(14)8(3)5-11(9)17-4/h5-7,12H,1-4H3,(H,15,16). The highest BCUT2D eigenvalue weighted by molar-refractivity contribution is 6.31. The summed E-state index contributed by atoms with van der Waals surface area (Å²) < 4.78 is 5.24. The summed E-state index contributed by atoms with van der Waals surface area (Å²) in [5.41, 5.74) is 1.51. The molecule has 0 spiro atoms. The topological polar surface area (TPSA) is 46.5 Å². The van der Waals surface area contributed by atoms with Crippen molar-refractivity contribution in [2.45, 2.75) is 26.7 Å². The second-order valence-corrected chi connectivity index (χ2v) is 4.81. The third-order valence-electron chi connectivity index (χ3n) is 2.78. The molecule has 0 radical (unpaired) electrons. The van der Waals surface area contributed by atoms with Crippen molar-refractivity contribution in [3.63, 3.8) is 0 Å². The Balaban J connectivity index is 3.36. The normalized spacial score (nSPS) is 12.6. The molecule has 1 unspecified atom stereocenters. The number of ether oxygens (including phenoxy) is 1. The minimum atomic E-state index is -0.863. The molecule has 1 N–H and O–H groups in total. The van der Waals surface area contributed by atoms with Crippen LogP contribution in [0.5, 0.6) is 5.75 Å². The lowest BCUT2D eigenvalue weighted by atomic mass is 9.87. The zero-order chi connectivity index (χ0) is 13.2. The van der Waals surface area contributed by atoms with Crippen molar-refractivity contribution in [1.29, 1.82) is 0 Å². The maximum atomic E-state index is 11.3. The van der Waals surface area contributed by atoms with E-state index in [0.717, 1.165) is 5.56 Å². The zero-order valence-corrected chi connectivity index (χ0v) is 11.2. The van der Waals surface area contributed by atoms with Crippen LogP contribution in [0.1, 0.15) is 30.9 Å². The lowest BCUT2D eigenvalue weighted by Crippen LogP contribution is -2.18. The summed E-state index contributed by atoms with van der Waals surface area (Å²) in [6, 6.07) is 3.46. The first-order valence-corrected chi connectivity index (χ1v) is 5.83. The van der Waals surface area contributed by atoms with Gasteiger partial charge < -0.3 is 9.84 Å². The van der Waals surface area contributed by atoms with Gasteiger partial charge in [0.25, 0.3) is 0 Å². The Morgan fingerprint density at radius 2 is 2.00 bits per heavy atom. The quantitative estimate of drug-likeness (QED) is 0.897. The molecule has 1 aromatic carbocycles. The van der Waals surface area contributed by atoms with E-state index in [2.05, 4.69) is 0 Å². The van der Waals surface area contributed by atoms with Gasteiger partial charge in [-0.25, -0.2) is 0 Å². The Hall–Kier alpha value is -1.22. The van der Waals surface area contributed by atoms with Crippen molar-refractivity contribution in [1.82, 2.24) is 0 Å². The number of hydrogen-bond acceptors (Lipinski definition) is 2. The van der Waals surface area contributed by atoms with E-state index in [1.807, 2.05) is 20.8 Å². The molecule has 1 aromatic rings. The number of carboxylic acids is 1. The summed E-state index contributed by atoms with van der Waals surface area (Å²) >= 11 is 6.05. The number of carbonyl (C=O) groups is 1. The summed E-state index contributed by atoms with van der Waals surface area (Å²) in [6.45, 7) is 5.59. The predicted molar refractivity (Wildman–Crippen MR) is 68.0 cm³/mol. The first-order chi connectivity index (χ1) is 7.88. The SMILES string of the molecule is COc1cc(C)c(Cl)cc1C(C(=O)O)C(C)C. The third-order valence-corrected chi connectivity index (χ3v) is 3.19. The highest BCUT2D eigenvalue weighted by Crippen LogP contribution is 2.35. The molecule has 1 rings (SSSR count). The first kappa shape index (κ1) is 13.8. The molecular weight excluding hydrogens is 240 g/mol. The zero-order valence-electron chi connectivity index (χ0n) is 10.5. The molecule has 0 amide bonds. The lowest BCUT2D eigenvalue weighted by molar-refractivity contribution is -0.139. The molecule has 1 atom stereocenters. The minimum Gasteiger partial charge on any atom is -0.496 e. The van der Waals surface area contributed by atoms with Crippen molar-refractivity contribution in [3.8, 4) is 5.75 Å².